The van der Waals surface area contributed by atoms with Crippen molar-refractivity contribution >= 4 is 17.7 Å². The molecule has 1 N–H and O–H groups in total. The molecule has 3 unspecified atom stereocenters. The van der Waals surface area contributed by atoms with E-state index in [1.54, 1.807) is 0 Å². The Hall–Kier alpha value is -1.65. The zero-order chi connectivity index (χ0) is 17.0. The highest BCUT2D eigenvalue weighted by Crippen LogP contribution is 2.34. The van der Waals surface area contributed by atoms with Gasteiger partial charge in [-0.15, -0.1) is 0 Å². The number of fused-ring (bicyclic) bond motifs is 1. The minimum atomic E-state index is -0.260. The van der Waals surface area contributed by atoms with Gasteiger partial charge in [0.15, 0.2) is 0 Å². The van der Waals surface area contributed by atoms with Crippen molar-refractivity contribution in [3.8, 4) is 0 Å². The van der Waals surface area contributed by atoms with Gasteiger partial charge < -0.3 is 5.32 Å². The molecule has 0 spiro atoms. The number of likely N-dealkylation sites (tertiary alicyclic amines) is 1. The van der Waals surface area contributed by atoms with Crippen LogP contribution >= 0.6 is 0 Å². The second kappa shape index (κ2) is 7.75. The molecule has 0 saturated carbocycles. The topological polar surface area (TPSA) is 66.5 Å². The highest BCUT2D eigenvalue weighted by molar-refractivity contribution is 6.07. The summed E-state index contributed by atoms with van der Waals surface area (Å²) in [5.74, 6) is -0.475. The lowest BCUT2D eigenvalue weighted by molar-refractivity contribution is -0.143. The van der Waals surface area contributed by atoms with Gasteiger partial charge in [-0.05, 0) is 32.1 Å². The first-order valence-electron chi connectivity index (χ1n) is 8.69. The molecular weight excluding hydrogens is 292 g/mol. The van der Waals surface area contributed by atoms with Crippen LogP contribution in [-0.4, -0.2) is 35.2 Å². The van der Waals surface area contributed by atoms with Crippen LogP contribution in [-0.2, 0) is 14.4 Å². The Morgan fingerprint density at radius 1 is 1.13 bits per heavy atom. The quantitative estimate of drug-likeness (QED) is 0.578. The van der Waals surface area contributed by atoms with Gasteiger partial charge in [-0.3, -0.25) is 19.3 Å². The molecule has 1 aliphatic heterocycles. The minimum Gasteiger partial charge on any atom is -0.352 e. The van der Waals surface area contributed by atoms with Crippen LogP contribution in [0, 0.1) is 17.8 Å². The Kier molecular flexibility index (Phi) is 5.97. The van der Waals surface area contributed by atoms with E-state index in [2.05, 4.69) is 19.2 Å². The van der Waals surface area contributed by atoms with Gasteiger partial charge in [-0.25, -0.2) is 0 Å². The average Bonchev–Trinajstić information content (AvgIpc) is 2.72. The van der Waals surface area contributed by atoms with Crippen molar-refractivity contribution in [2.24, 2.45) is 17.8 Å². The van der Waals surface area contributed by atoms with Crippen LogP contribution in [0.2, 0.25) is 0 Å². The Bertz CT molecular complexity index is 472. The Morgan fingerprint density at radius 3 is 2.22 bits per heavy atom. The maximum Gasteiger partial charge on any atom is 0.240 e. The number of allylic oxidation sites excluding steroid dienone is 2. The first kappa shape index (κ1) is 17.7. The van der Waals surface area contributed by atoms with Gasteiger partial charge in [-0.2, -0.15) is 0 Å². The highest BCUT2D eigenvalue weighted by Gasteiger charge is 2.47. The molecule has 0 aromatic carbocycles. The molecule has 0 aromatic heterocycles. The molecular formula is C18H28N2O3. The van der Waals surface area contributed by atoms with Crippen LogP contribution in [0.1, 0.15) is 52.9 Å². The van der Waals surface area contributed by atoms with Crippen LogP contribution in [0.25, 0.3) is 0 Å². The third kappa shape index (κ3) is 4.43. The third-order valence-electron chi connectivity index (χ3n) is 4.73. The maximum absolute atomic E-state index is 12.3. The summed E-state index contributed by atoms with van der Waals surface area (Å²) < 4.78 is 0. The van der Waals surface area contributed by atoms with Crippen LogP contribution < -0.4 is 5.32 Å². The fourth-order valence-corrected chi connectivity index (χ4v) is 3.39. The summed E-state index contributed by atoms with van der Waals surface area (Å²) >= 11 is 0. The number of carbonyl (C=O) groups excluding carboxylic acids is 3. The molecule has 23 heavy (non-hydrogen) atoms. The Labute approximate surface area is 138 Å². The smallest absolute Gasteiger partial charge is 0.240 e. The van der Waals surface area contributed by atoms with E-state index < -0.39 is 0 Å². The second-order valence-corrected chi connectivity index (χ2v) is 7.21. The molecule has 3 atom stereocenters. The Balaban J connectivity index is 1.81. The van der Waals surface area contributed by atoms with Gasteiger partial charge in [0.2, 0.25) is 17.7 Å². The fourth-order valence-electron chi connectivity index (χ4n) is 3.39. The van der Waals surface area contributed by atoms with Crippen molar-refractivity contribution < 1.29 is 14.4 Å². The summed E-state index contributed by atoms with van der Waals surface area (Å²) in [6.07, 6.45) is 8.24. The normalized spacial score (nSPS) is 25.0. The SMILES string of the molecule is CC(C)CCCC(C)NC(=O)CN1C(=O)C2CC=CCC2C1=O. The van der Waals surface area contributed by atoms with Gasteiger partial charge in [0.1, 0.15) is 6.54 Å². The number of hydrogen-bond acceptors (Lipinski definition) is 3. The van der Waals surface area contributed by atoms with E-state index in [0.717, 1.165) is 24.2 Å². The maximum atomic E-state index is 12.3. The van der Waals surface area contributed by atoms with E-state index in [1.165, 1.54) is 0 Å². The summed E-state index contributed by atoms with van der Waals surface area (Å²) in [6.45, 7) is 6.19. The summed E-state index contributed by atoms with van der Waals surface area (Å²) in [4.78, 5) is 37.9. The molecule has 1 saturated heterocycles. The largest absolute Gasteiger partial charge is 0.352 e. The molecule has 128 valence electrons. The molecule has 0 bridgehead atoms. The highest BCUT2D eigenvalue weighted by atomic mass is 16.2. The van der Waals surface area contributed by atoms with Gasteiger partial charge in [0, 0.05) is 6.04 Å². The lowest BCUT2D eigenvalue weighted by Gasteiger charge is -2.18. The number of nitrogens with one attached hydrogen (secondary N) is 1. The van der Waals surface area contributed by atoms with Crippen LogP contribution in [0.4, 0.5) is 0 Å². The molecule has 1 aliphatic carbocycles. The van der Waals surface area contributed by atoms with Crippen LogP contribution in [0.3, 0.4) is 0 Å². The van der Waals surface area contributed by atoms with Crippen molar-refractivity contribution in [2.45, 2.75) is 58.9 Å². The monoisotopic (exact) mass is 320 g/mol. The summed E-state index contributed by atoms with van der Waals surface area (Å²) in [5.41, 5.74) is 0. The van der Waals surface area contributed by atoms with Crippen molar-refractivity contribution in [1.29, 1.82) is 0 Å². The molecule has 3 amide bonds. The number of rotatable bonds is 7. The summed E-state index contributed by atoms with van der Waals surface area (Å²) in [7, 11) is 0. The third-order valence-corrected chi connectivity index (χ3v) is 4.73. The van der Waals surface area contributed by atoms with Gasteiger partial charge in [-0.1, -0.05) is 38.8 Å². The van der Waals surface area contributed by atoms with E-state index in [-0.39, 0.29) is 42.1 Å². The van der Waals surface area contributed by atoms with Crippen LogP contribution in [0.5, 0.6) is 0 Å². The number of carbonyl (C=O) groups is 3. The molecule has 1 heterocycles. The predicted octanol–water partition coefficient (Wildman–Crippen LogP) is 2.27. The van der Waals surface area contributed by atoms with E-state index >= 15 is 0 Å². The molecule has 5 nitrogen and oxygen atoms in total. The van der Waals surface area contributed by atoms with E-state index in [9.17, 15) is 14.4 Å². The summed E-state index contributed by atoms with van der Waals surface area (Å²) in [6, 6.07) is 0.0676. The van der Waals surface area contributed by atoms with Crippen molar-refractivity contribution in [3.63, 3.8) is 0 Å². The second-order valence-electron chi connectivity index (χ2n) is 7.21. The van der Waals surface area contributed by atoms with Crippen molar-refractivity contribution in [2.75, 3.05) is 6.54 Å². The number of imide groups is 1. The first-order chi connectivity index (χ1) is 10.9. The number of hydrogen-bond donors (Lipinski definition) is 1. The van der Waals surface area contributed by atoms with E-state index in [1.807, 2.05) is 19.1 Å². The first-order valence-corrected chi connectivity index (χ1v) is 8.69. The van der Waals surface area contributed by atoms with Crippen LogP contribution in [0.15, 0.2) is 12.2 Å². The van der Waals surface area contributed by atoms with E-state index in [0.29, 0.717) is 18.8 Å². The fraction of sp³-hybridized carbons (Fsp3) is 0.722. The Morgan fingerprint density at radius 2 is 1.70 bits per heavy atom. The lowest BCUT2D eigenvalue weighted by atomic mass is 9.85. The van der Waals surface area contributed by atoms with E-state index in [4.69, 9.17) is 0 Å². The summed E-state index contributed by atoms with van der Waals surface area (Å²) in [5, 5.41) is 2.90. The van der Waals surface area contributed by atoms with Gasteiger partial charge in [0.05, 0.1) is 11.8 Å². The zero-order valence-corrected chi connectivity index (χ0v) is 14.4. The number of nitrogens with zero attached hydrogens (tertiary/aromatic N) is 1. The number of amides is 3. The minimum absolute atomic E-state index is 0.0676. The standard InChI is InChI=1S/C18H28N2O3/c1-12(2)7-6-8-13(3)19-16(21)11-20-17(22)14-9-4-5-10-15(14)18(20)23/h4-5,12-15H,6-11H2,1-3H3,(H,19,21). The average molecular weight is 320 g/mol. The lowest BCUT2D eigenvalue weighted by Crippen LogP contribution is -2.43. The molecule has 2 rings (SSSR count). The molecule has 0 aromatic rings. The van der Waals surface area contributed by atoms with Crippen molar-refractivity contribution in [1.82, 2.24) is 10.2 Å². The zero-order valence-electron chi connectivity index (χ0n) is 14.4. The predicted molar refractivity (Wildman–Crippen MR) is 88.4 cm³/mol. The van der Waals surface area contributed by atoms with Gasteiger partial charge >= 0.3 is 0 Å². The van der Waals surface area contributed by atoms with Gasteiger partial charge in [0.25, 0.3) is 0 Å². The molecule has 0 radical (unpaired) electrons. The molecule has 5 heteroatoms. The van der Waals surface area contributed by atoms with Crippen molar-refractivity contribution in [3.05, 3.63) is 12.2 Å². The molecule has 2 aliphatic rings. The molecule has 1 fully saturated rings.